The van der Waals surface area contributed by atoms with E-state index in [4.69, 9.17) is 5.26 Å². The molecule has 20 heavy (non-hydrogen) atoms. The van der Waals surface area contributed by atoms with E-state index in [2.05, 4.69) is 26.0 Å². The van der Waals surface area contributed by atoms with Crippen LogP contribution in [0.5, 0.6) is 0 Å². The lowest BCUT2D eigenvalue weighted by Gasteiger charge is -2.40. The molecule has 1 saturated carbocycles. The Morgan fingerprint density at radius 3 is 2.85 bits per heavy atom. The summed E-state index contributed by atoms with van der Waals surface area (Å²) in [4.78, 5) is 11.2. The smallest absolute Gasteiger partial charge is 0.133 e. The van der Waals surface area contributed by atoms with Crippen LogP contribution in [-0.4, -0.2) is 32.8 Å². The van der Waals surface area contributed by atoms with Gasteiger partial charge in [0.25, 0.3) is 0 Å². The van der Waals surface area contributed by atoms with Gasteiger partial charge in [0.05, 0.1) is 17.8 Å². The highest BCUT2D eigenvalue weighted by Crippen LogP contribution is 2.38. The van der Waals surface area contributed by atoms with Crippen LogP contribution in [0.3, 0.4) is 0 Å². The maximum Gasteiger partial charge on any atom is 0.133 e. The van der Waals surface area contributed by atoms with Crippen LogP contribution in [0.15, 0.2) is 24.7 Å². The van der Waals surface area contributed by atoms with Gasteiger partial charge >= 0.3 is 0 Å². The Bertz CT molecular complexity index is 675. The number of aromatic nitrogens is 4. The van der Waals surface area contributed by atoms with E-state index in [1.54, 1.807) is 12.4 Å². The van der Waals surface area contributed by atoms with Crippen LogP contribution < -0.4 is 4.90 Å². The quantitative estimate of drug-likeness (QED) is 0.841. The van der Waals surface area contributed by atoms with Crippen LogP contribution in [-0.2, 0) is 0 Å². The average Bonchev–Trinajstić information content (AvgIpc) is 3.18. The van der Waals surface area contributed by atoms with Crippen LogP contribution >= 0.6 is 0 Å². The summed E-state index contributed by atoms with van der Waals surface area (Å²) < 4.78 is 1.87. The second-order valence-corrected chi connectivity index (χ2v) is 5.43. The largest absolute Gasteiger partial charge is 0.352 e. The third-order valence-electron chi connectivity index (χ3n) is 3.89. The normalized spacial score (nSPS) is 18.6. The highest BCUT2D eigenvalue weighted by molar-refractivity contribution is 5.42. The Morgan fingerprint density at radius 1 is 1.30 bits per heavy atom. The van der Waals surface area contributed by atoms with E-state index in [0.717, 1.165) is 24.7 Å². The predicted molar refractivity (Wildman–Crippen MR) is 72.2 cm³/mol. The highest BCUT2D eigenvalue weighted by Gasteiger charge is 2.32. The first-order chi connectivity index (χ1) is 9.83. The molecular weight excluding hydrogens is 252 g/mol. The van der Waals surface area contributed by atoms with E-state index in [1.807, 2.05) is 16.9 Å². The van der Waals surface area contributed by atoms with Crippen molar-refractivity contribution in [2.24, 2.45) is 0 Å². The van der Waals surface area contributed by atoms with E-state index in [9.17, 15) is 0 Å². The molecule has 0 aromatic carbocycles. The van der Waals surface area contributed by atoms with E-state index >= 15 is 0 Å². The molecule has 6 nitrogen and oxygen atoms in total. The Kier molecular flexibility index (Phi) is 2.46. The maximum atomic E-state index is 8.81. The molecular formula is C14H14N6. The first kappa shape index (κ1) is 11.4. The van der Waals surface area contributed by atoms with Gasteiger partial charge in [0.2, 0.25) is 0 Å². The zero-order chi connectivity index (χ0) is 13.5. The molecule has 6 heteroatoms. The van der Waals surface area contributed by atoms with Crippen molar-refractivity contribution in [1.29, 1.82) is 5.26 Å². The summed E-state index contributed by atoms with van der Waals surface area (Å²) in [5, 5.41) is 13.0. The van der Waals surface area contributed by atoms with Crippen LogP contribution in [0.4, 0.5) is 5.82 Å². The lowest BCUT2D eigenvalue weighted by Crippen LogP contribution is -2.48. The van der Waals surface area contributed by atoms with Gasteiger partial charge in [-0.25, -0.2) is 9.97 Å². The first-order valence-electron chi connectivity index (χ1n) is 6.85. The topological polar surface area (TPSA) is 70.6 Å². The van der Waals surface area contributed by atoms with Crippen molar-refractivity contribution in [2.75, 3.05) is 18.0 Å². The fourth-order valence-corrected chi connectivity index (χ4v) is 2.48. The molecule has 0 spiro atoms. The van der Waals surface area contributed by atoms with Crippen LogP contribution in [0.1, 0.15) is 36.2 Å². The summed E-state index contributed by atoms with van der Waals surface area (Å²) in [6, 6.07) is 4.40. The second-order valence-electron chi connectivity index (χ2n) is 5.43. The second kappa shape index (κ2) is 4.30. The molecule has 0 N–H and O–H groups in total. The van der Waals surface area contributed by atoms with Crippen molar-refractivity contribution >= 4 is 5.82 Å². The Balaban J connectivity index is 1.45. The lowest BCUT2D eigenvalue weighted by atomic mass is 10.1. The van der Waals surface area contributed by atoms with Crippen LogP contribution in [0.2, 0.25) is 0 Å². The zero-order valence-corrected chi connectivity index (χ0v) is 11.0. The molecule has 0 amide bonds. The van der Waals surface area contributed by atoms with E-state index in [1.165, 1.54) is 12.8 Å². The fourth-order valence-electron chi connectivity index (χ4n) is 2.48. The van der Waals surface area contributed by atoms with Gasteiger partial charge in [-0.1, -0.05) is 0 Å². The summed E-state index contributed by atoms with van der Waals surface area (Å²) >= 11 is 0. The van der Waals surface area contributed by atoms with Crippen molar-refractivity contribution in [2.45, 2.75) is 24.8 Å². The monoisotopic (exact) mass is 266 g/mol. The molecule has 3 heterocycles. The van der Waals surface area contributed by atoms with Crippen molar-refractivity contribution in [1.82, 2.24) is 19.7 Å². The molecule has 0 atom stereocenters. The molecule has 4 rings (SSSR count). The molecule has 0 radical (unpaired) electrons. The molecule has 2 fully saturated rings. The Hall–Kier alpha value is -2.42. The molecule has 1 saturated heterocycles. The molecule has 1 aliphatic heterocycles. The summed E-state index contributed by atoms with van der Waals surface area (Å²) in [6.07, 6.45) is 7.70. The predicted octanol–water partition coefficient (Wildman–Crippen LogP) is 1.48. The summed E-state index contributed by atoms with van der Waals surface area (Å²) in [5.41, 5.74) is 0.613. The van der Waals surface area contributed by atoms with Gasteiger partial charge in [-0.05, 0) is 18.9 Å². The van der Waals surface area contributed by atoms with Gasteiger partial charge in [0.15, 0.2) is 0 Å². The van der Waals surface area contributed by atoms with E-state index < -0.39 is 0 Å². The minimum atomic E-state index is 0.330. The molecule has 100 valence electrons. The lowest BCUT2D eigenvalue weighted by molar-refractivity contribution is 0.365. The molecule has 2 aromatic rings. The Morgan fingerprint density at radius 2 is 2.15 bits per heavy atom. The number of nitrogens with zero attached hydrogens (tertiary/aromatic N) is 6. The van der Waals surface area contributed by atoms with Gasteiger partial charge in [-0.3, -0.25) is 4.68 Å². The SMILES string of the molecule is N#Cc1cnn(C2CN(c3ccnc(C4CC4)n3)C2)c1. The summed E-state index contributed by atoms with van der Waals surface area (Å²) in [6.45, 7) is 1.77. The number of nitriles is 1. The van der Waals surface area contributed by atoms with Gasteiger partial charge in [0.1, 0.15) is 17.7 Å². The van der Waals surface area contributed by atoms with E-state index in [-0.39, 0.29) is 0 Å². The molecule has 2 aromatic heterocycles. The number of anilines is 1. The third-order valence-corrected chi connectivity index (χ3v) is 3.89. The maximum absolute atomic E-state index is 8.81. The minimum absolute atomic E-state index is 0.330. The van der Waals surface area contributed by atoms with Gasteiger partial charge in [0, 0.05) is 31.4 Å². The van der Waals surface area contributed by atoms with E-state index in [0.29, 0.717) is 17.5 Å². The minimum Gasteiger partial charge on any atom is -0.352 e. The van der Waals surface area contributed by atoms with Crippen molar-refractivity contribution in [3.63, 3.8) is 0 Å². The molecule has 0 unspecified atom stereocenters. The molecule has 0 bridgehead atoms. The summed E-state index contributed by atoms with van der Waals surface area (Å²) in [7, 11) is 0. The molecule has 2 aliphatic rings. The third kappa shape index (κ3) is 1.92. The standard InChI is InChI=1S/C14H14N6/c15-5-10-6-17-20(7-10)12-8-19(9-12)13-3-4-16-14(18-13)11-1-2-11/h3-4,6-7,11-12H,1-2,8-9H2. The van der Waals surface area contributed by atoms with Gasteiger partial charge < -0.3 is 4.90 Å². The highest BCUT2D eigenvalue weighted by atomic mass is 15.4. The Labute approximate surface area is 116 Å². The molecule has 1 aliphatic carbocycles. The van der Waals surface area contributed by atoms with Gasteiger partial charge in [-0.2, -0.15) is 10.4 Å². The number of hydrogen-bond acceptors (Lipinski definition) is 5. The van der Waals surface area contributed by atoms with Gasteiger partial charge in [-0.15, -0.1) is 0 Å². The number of hydrogen-bond donors (Lipinski definition) is 0. The summed E-state index contributed by atoms with van der Waals surface area (Å²) in [5.74, 6) is 2.57. The van der Waals surface area contributed by atoms with Crippen LogP contribution in [0, 0.1) is 11.3 Å². The van der Waals surface area contributed by atoms with Crippen LogP contribution in [0.25, 0.3) is 0 Å². The van der Waals surface area contributed by atoms with Crippen molar-refractivity contribution in [3.8, 4) is 6.07 Å². The fraction of sp³-hybridized carbons (Fsp3) is 0.429. The zero-order valence-electron chi connectivity index (χ0n) is 11.0. The van der Waals surface area contributed by atoms with Crippen molar-refractivity contribution < 1.29 is 0 Å². The average molecular weight is 266 g/mol. The first-order valence-corrected chi connectivity index (χ1v) is 6.85. The number of rotatable bonds is 3. The van der Waals surface area contributed by atoms with Crippen molar-refractivity contribution in [3.05, 3.63) is 36.0 Å².